The molecular weight excluding hydrogens is 394 g/mol. The van der Waals surface area contributed by atoms with Crippen molar-refractivity contribution in [2.24, 2.45) is 0 Å². The molecule has 164 valence electrons. The molecule has 0 heterocycles. The molecule has 2 rings (SSSR count). The summed E-state index contributed by atoms with van der Waals surface area (Å²) in [5.74, 6) is -0.401. The van der Waals surface area contributed by atoms with Crippen LogP contribution in [0.25, 0.3) is 6.08 Å². The monoisotopic (exact) mass is 423 g/mol. The van der Waals surface area contributed by atoms with Crippen LogP contribution in [0.3, 0.4) is 0 Å². The van der Waals surface area contributed by atoms with Gasteiger partial charge < -0.3 is 20.7 Å². The Labute approximate surface area is 182 Å². The van der Waals surface area contributed by atoms with E-state index in [2.05, 4.69) is 16.0 Å². The van der Waals surface area contributed by atoms with Gasteiger partial charge in [0.15, 0.2) is 0 Å². The number of nitrogens with one attached hydrogen (secondary N) is 3. The van der Waals surface area contributed by atoms with Gasteiger partial charge in [-0.15, -0.1) is 0 Å². The molecule has 7 nitrogen and oxygen atoms in total. The second-order valence-electron chi connectivity index (χ2n) is 7.89. The van der Waals surface area contributed by atoms with Crippen LogP contribution in [0, 0.1) is 0 Å². The molecule has 0 unspecified atom stereocenters. The maximum Gasteiger partial charge on any atom is 0.407 e. The van der Waals surface area contributed by atoms with Crippen molar-refractivity contribution in [2.75, 3.05) is 11.9 Å². The Balaban J connectivity index is 1.69. The molecule has 0 fully saturated rings. The number of hydrogen-bond acceptors (Lipinski definition) is 4. The van der Waals surface area contributed by atoms with E-state index in [4.69, 9.17) is 4.74 Å². The molecular formula is C24H29N3O4. The van der Waals surface area contributed by atoms with Gasteiger partial charge in [0.25, 0.3) is 0 Å². The summed E-state index contributed by atoms with van der Waals surface area (Å²) in [5, 5.41) is 8.13. The third-order valence-electron chi connectivity index (χ3n) is 3.96. The Hall–Kier alpha value is -3.61. The molecule has 0 radical (unpaired) electrons. The van der Waals surface area contributed by atoms with E-state index >= 15 is 0 Å². The standard InChI is InChI=1S/C24H29N3O4/c1-24(2,3)31-23(30)25-16-15-21(28)26-17-19-9-12-20(13-10-19)27-22(29)14-11-18-7-5-4-6-8-18/h4-14H,15-17H2,1-3H3,(H,25,30)(H,26,28)(H,27,29)/b14-11+. The normalized spacial score (nSPS) is 11.1. The van der Waals surface area contributed by atoms with Crippen LogP contribution in [-0.2, 0) is 20.9 Å². The summed E-state index contributed by atoms with van der Waals surface area (Å²) in [5.41, 5.74) is 1.94. The second-order valence-corrected chi connectivity index (χ2v) is 7.89. The average Bonchev–Trinajstić information content (AvgIpc) is 2.71. The summed E-state index contributed by atoms with van der Waals surface area (Å²) in [6.45, 7) is 5.88. The van der Waals surface area contributed by atoms with Crippen LogP contribution in [-0.4, -0.2) is 30.1 Å². The fraction of sp³-hybridized carbons (Fsp3) is 0.292. The molecule has 31 heavy (non-hydrogen) atoms. The highest BCUT2D eigenvalue weighted by Crippen LogP contribution is 2.10. The molecule has 0 aromatic heterocycles. The zero-order valence-corrected chi connectivity index (χ0v) is 18.1. The quantitative estimate of drug-likeness (QED) is 0.562. The lowest BCUT2D eigenvalue weighted by Gasteiger charge is -2.19. The SMILES string of the molecule is CC(C)(C)OC(=O)NCCC(=O)NCc1ccc(NC(=O)/C=C/c2ccccc2)cc1. The van der Waals surface area contributed by atoms with Gasteiger partial charge >= 0.3 is 6.09 Å². The molecule has 0 aliphatic rings. The first-order valence-electron chi connectivity index (χ1n) is 10.1. The maximum absolute atomic E-state index is 12.0. The van der Waals surface area contributed by atoms with Gasteiger partial charge in [0, 0.05) is 31.3 Å². The van der Waals surface area contributed by atoms with Crippen LogP contribution in [0.4, 0.5) is 10.5 Å². The predicted octanol–water partition coefficient (Wildman–Crippen LogP) is 3.87. The summed E-state index contributed by atoms with van der Waals surface area (Å²) >= 11 is 0. The number of benzene rings is 2. The van der Waals surface area contributed by atoms with Crippen molar-refractivity contribution < 1.29 is 19.1 Å². The highest BCUT2D eigenvalue weighted by Gasteiger charge is 2.15. The van der Waals surface area contributed by atoms with Gasteiger partial charge in [0.2, 0.25) is 11.8 Å². The van der Waals surface area contributed by atoms with Gasteiger partial charge in [-0.3, -0.25) is 9.59 Å². The minimum absolute atomic E-state index is 0.154. The van der Waals surface area contributed by atoms with Crippen molar-refractivity contribution in [2.45, 2.75) is 39.3 Å². The lowest BCUT2D eigenvalue weighted by atomic mass is 10.2. The Morgan fingerprint density at radius 1 is 0.935 bits per heavy atom. The molecule has 2 aromatic rings. The van der Waals surface area contributed by atoms with Crippen molar-refractivity contribution in [1.29, 1.82) is 0 Å². The van der Waals surface area contributed by atoms with Crippen LogP contribution >= 0.6 is 0 Å². The average molecular weight is 424 g/mol. The van der Waals surface area contributed by atoms with E-state index in [1.54, 1.807) is 39.0 Å². The van der Waals surface area contributed by atoms with Crippen LogP contribution in [0.2, 0.25) is 0 Å². The molecule has 0 aliphatic heterocycles. The zero-order valence-electron chi connectivity index (χ0n) is 18.1. The van der Waals surface area contributed by atoms with Crippen LogP contribution < -0.4 is 16.0 Å². The van der Waals surface area contributed by atoms with Crippen LogP contribution in [0.1, 0.15) is 38.3 Å². The Kier molecular flexibility index (Phi) is 8.81. The molecule has 0 bridgehead atoms. The number of carbonyl (C=O) groups excluding carboxylic acids is 3. The number of rotatable bonds is 8. The smallest absolute Gasteiger partial charge is 0.407 e. The minimum atomic E-state index is -0.573. The van der Waals surface area contributed by atoms with Gasteiger partial charge in [-0.05, 0) is 50.1 Å². The first-order chi connectivity index (χ1) is 14.7. The van der Waals surface area contributed by atoms with Gasteiger partial charge in [-0.2, -0.15) is 0 Å². The fourth-order valence-electron chi connectivity index (χ4n) is 2.51. The molecule has 0 saturated heterocycles. The number of carbonyl (C=O) groups is 3. The zero-order chi connectivity index (χ0) is 22.7. The highest BCUT2D eigenvalue weighted by atomic mass is 16.6. The van der Waals surface area contributed by atoms with Gasteiger partial charge in [0.1, 0.15) is 5.60 Å². The van der Waals surface area contributed by atoms with E-state index in [-0.39, 0.29) is 24.8 Å². The van der Waals surface area contributed by atoms with Crippen molar-refractivity contribution >= 4 is 29.7 Å². The lowest BCUT2D eigenvalue weighted by molar-refractivity contribution is -0.121. The first kappa shape index (κ1) is 23.7. The summed E-state index contributed by atoms with van der Waals surface area (Å²) in [6, 6.07) is 16.8. The number of hydrogen-bond donors (Lipinski definition) is 3. The largest absolute Gasteiger partial charge is 0.444 e. The number of anilines is 1. The third-order valence-corrected chi connectivity index (χ3v) is 3.96. The Bertz CT molecular complexity index is 901. The summed E-state index contributed by atoms with van der Waals surface area (Å²) in [4.78, 5) is 35.5. The summed E-state index contributed by atoms with van der Waals surface area (Å²) < 4.78 is 5.11. The van der Waals surface area contributed by atoms with Crippen molar-refractivity contribution in [3.8, 4) is 0 Å². The van der Waals surface area contributed by atoms with Crippen LogP contribution in [0.15, 0.2) is 60.7 Å². The Morgan fingerprint density at radius 2 is 1.61 bits per heavy atom. The van der Waals surface area contributed by atoms with Gasteiger partial charge in [-0.1, -0.05) is 42.5 Å². The minimum Gasteiger partial charge on any atom is -0.444 e. The van der Waals surface area contributed by atoms with Crippen molar-refractivity contribution in [3.63, 3.8) is 0 Å². The van der Waals surface area contributed by atoms with Crippen molar-refractivity contribution in [3.05, 3.63) is 71.8 Å². The van der Waals surface area contributed by atoms with E-state index in [0.717, 1.165) is 11.1 Å². The molecule has 3 N–H and O–H groups in total. The fourth-order valence-corrected chi connectivity index (χ4v) is 2.51. The first-order valence-corrected chi connectivity index (χ1v) is 10.1. The maximum atomic E-state index is 12.0. The number of ether oxygens (including phenoxy) is 1. The van der Waals surface area contributed by atoms with E-state index in [1.807, 2.05) is 42.5 Å². The second kappa shape index (κ2) is 11.5. The predicted molar refractivity (Wildman–Crippen MR) is 121 cm³/mol. The number of amides is 3. The Morgan fingerprint density at radius 3 is 2.26 bits per heavy atom. The van der Waals surface area contributed by atoms with Gasteiger partial charge in [0.05, 0.1) is 0 Å². The molecule has 2 aromatic carbocycles. The molecule has 0 aliphatic carbocycles. The number of alkyl carbamates (subject to hydrolysis) is 1. The van der Waals surface area contributed by atoms with Crippen molar-refractivity contribution in [1.82, 2.24) is 10.6 Å². The molecule has 7 heteroatoms. The van der Waals surface area contributed by atoms with E-state index in [0.29, 0.717) is 12.2 Å². The summed E-state index contributed by atoms with van der Waals surface area (Å²) in [7, 11) is 0. The lowest BCUT2D eigenvalue weighted by Crippen LogP contribution is -2.35. The molecule has 0 atom stereocenters. The van der Waals surface area contributed by atoms with Gasteiger partial charge in [-0.25, -0.2) is 4.79 Å². The highest BCUT2D eigenvalue weighted by molar-refractivity contribution is 6.01. The van der Waals surface area contributed by atoms with E-state index in [1.165, 1.54) is 6.08 Å². The van der Waals surface area contributed by atoms with E-state index in [9.17, 15) is 14.4 Å². The van der Waals surface area contributed by atoms with E-state index < -0.39 is 11.7 Å². The van der Waals surface area contributed by atoms with Crippen LogP contribution in [0.5, 0.6) is 0 Å². The third kappa shape index (κ3) is 10.1. The molecule has 0 saturated carbocycles. The summed E-state index contributed by atoms with van der Waals surface area (Å²) in [6.07, 6.45) is 2.84. The molecule has 0 spiro atoms. The molecule has 3 amide bonds. The topological polar surface area (TPSA) is 96.5 Å².